The molecule has 0 aliphatic rings. The van der Waals surface area contributed by atoms with Gasteiger partial charge in [0.05, 0.1) is 12.0 Å². The van der Waals surface area contributed by atoms with Crippen LogP contribution in [0.15, 0.2) is 18.2 Å². The molecule has 0 heterocycles. The minimum Gasteiger partial charge on any atom is -0.349 e. The summed E-state index contributed by atoms with van der Waals surface area (Å²) in [5.41, 5.74) is 8.99. The van der Waals surface area contributed by atoms with E-state index in [2.05, 4.69) is 37.4 Å². The fraction of sp³-hybridized carbons (Fsp3) is 0.562. The minimum atomic E-state index is -0.255. The zero-order valence-electron chi connectivity index (χ0n) is 12.5. The van der Waals surface area contributed by atoms with Crippen LogP contribution in [0.2, 0.25) is 0 Å². The van der Waals surface area contributed by atoms with Crippen LogP contribution in [-0.2, 0) is 11.2 Å². The molecule has 0 radical (unpaired) electrons. The summed E-state index contributed by atoms with van der Waals surface area (Å²) in [4.78, 5) is 12.2. The molecular formula is C16H26N2O. The maximum absolute atomic E-state index is 12.2. The van der Waals surface area contributed by atoms with E-state index in [1.54, 1.807) is 0 Å². The fourth-order valence-corrected chi connectivity index (χ4v) is 2.27. The largest absolute Gasteiger partial charge is 0.349 e. The zero-order chi connectivity index (χ0) is 14.5. The fourth-order valence-electron chi connectivity index (χ4n) is 2.27. The topological polar surface area (TPSA) is 55.1 Å². The Balaban J connectivity index is 2.77. The monoisotopic (exact) mass is 262 g/mol. The molecule has 0 atom stereocenters. The summed E-state index contributed by atoms with van der Waals surface area (Å²) in [6, 6.07) is 6.21. The number of carbonyl (C=O) groups excluding carboxylic acids is 1. The van der Waals surface area contributed by atoms with Gasteiger partial charge in [-0.3, -0.25) is 4.79 Å². The van der Waals surface area contributed by atoms with Gasteiger partial charge in [0.25, 0.3) is 0 Å². The molecule has 1 aromatic rings. The first-order valence-corrected chi connectivity index (χ1v) is 7.03. The van der Waals surface area contributed by atoms with E-state index in [4.69, 9.17) is 5.73 Å². The Bertz CT molecular complexity index is 428. The number of nitrogens with two attached hydrogens (primary N) is 1. The third-order valence-corrected chi connectivity index (χ3v) is 4.00. The van der Waals surface area contributed by atoms with Gasteiger partial charge in [-0.25, -0.2) is 0 Å². The molecular weight excluding hydrogens is 236 g/mol. The average molecular weight is 262 g/mol. The number of carbonyl (C=O) groups is 1. The van der Waals surface area contributed by atoms with Gasteiger partial charge >= 0.3 is 0 Å². The van der Waals surface area contributed by atoms with Crippen molar-refractivity contribution >= 4 is 5.91 Å². The van der Waals surface area contributed by atoms with Crippen molar-refractivity contribution in [2.75, 3.05) is 6.54 Å². The maximum atomic E-state index is 12.2. The summed E-state index contributed by atoms with van der Waals surface area (Å²) in [5, 5.41) is 3.11. The average Bonchev–Trinajstić information content (AvgIpc) is 2.40. The summed E-state index contributed by atoms with van der Waals surface area (Å²) < 4.78 is 0. The third-order valence-electron chi connectivity index (χ3n) is 4.00. The van der Waals surface area contributed by atoms with E-state index in [0.29, 0.717) is 13.0 Å². The van der Waals surface area contributed by atoms with E-state index in [1.165, 1.54) is 5.56 Å². The number of aryl methyl sites for hydroxylation is 2. The first-order chi connectivity index (χ1) is 8.96. The van der Waals surface area contributed by atoms with Crippen LogP contribution in [0.5, 0.6) is 0 Å². The van der Waals surface area contributed by atoms with Crippen LogP contribution in [0.3, 0.4) is 0 Å². The summed E-state index contributed by atoms with van der Waals surface area (Å²) >= 11 is 0. The Labute approximate surface area is 116 Å². The maximum Gasteiger partial charge on any atom is 0.224 e. The molecule has 0 fully saturated rings. The minimum absolute atomic E-state index is 0.0582. The van der Waals surface area contributed by atoms with Gasteiger partial charge in [-0.05, 0) is 37.8 Å². The lowest BCUT2D eigenvalue weighted by Gasteiger charge is -2.31. The van der Waals surface area contributed by atoms with Crippen LogP contribution in [-0.4, -0.2) is 18.0 Å². The van der Waals surface area contributed by atoms with E-state index in [9.17, 15) is 4.79 Å². The van der Waals surface area contributed by atoms with Crippen molar-refractivity contribution in [3.05, 3.63) is 34.9 Å². The van der Waals surface area contributed by atoms with Crippen LogP contribution in [0, 0.1) is 13.8 Å². The molecule has 106 valence electrons. The van der Waals surface area contributed by atoms with Crippen LogP contribution in [0.25, 0.3) is 0 Å². The number of benzene rings is 1. The summed E-state index contributed by atoms with van der Waals surface area (Å²) in [6.45, 7) is 8.70. The Morgan fingerprint density at radius 2 is 1.89 bits per heavy atom. The van der Waals surface area contributed by atoms with Gasteiger partial charge in [-0.15, -0.1) is 0 Å². The first-order valence-electron chi connectivity index (χ1n) is 7.03. The quantitative estimate of drug-likeness (QED) is 0.827. The van der Waals surface area contributed by atoms with E-state index >= 15 is 0 Å². The van der Waals surface area contributed by atoms with E-state index in [-0.39, 0.29) is 11.4 Å². The molecule has 0 bridgehead atoms. The molecule has 0 spiro atoms. The Morgan fingerprint density at radius 1 is 1.26 bits per heavy atom. The predicted octanol–water partition coefficient (Wildman–Crippen LogP) is 2.48. The van der Waals surface area contributed by atoms with Crippen molar-refractivity contribution in [3.63, 3.8) is 0 Å². The molecule has 1 rings (SSSR count). The Hall–Kier alpha value is -1.35. The van der Waals surface area contributed by atoms with Crippen molar-refractivity contribution in [1.82, 2.24) is 5.32 Å². The zero-order valence-corrected chi connectivity index (χ0v) is 12.5. The van der Waals surface area contributed by atoms with Crippen LogP contribution in [0.1, 0.15) is 43.4 Å². The second-order valence-electron chi connectivity index (χ2n) is 5.35. The number of amides is 1. The van der Waals surface area contributed by atoms with Crippen molar-refractivity contribution < 1.29 is 4.79 Å². The first kappa shape index (κ1) is 15.7. The molecule has 19 heavy (non-hydrogen) atoms. The van der Waals surface area contributed by atoms with Gasteiger partial charge in [0.15, 0.2) is 0 Å². The summed E-state index contributed by atoms with van der Waals surface area (Å²) in [6.07, 6.45) is 2.15. The highest BCUT2D eigenvalue weighted by molar-refractivity contribution is 5.79. The highest BCUT2D eigenvalue weighted by Gasteiger charge is 2.26. The molecule has 3 nitrogen and oxygen atoms in total. The van der Waals surface area contributed by atoms with Gasteiger partial charge < -0.3 is 11.1 Å². The molecule has 0 unspecified atom stereocenters. The molecule has 0 aromatic heterocycles. The Kier molecular flexibility index (Phi) is 5.55. The molecule has 1 aromatic carbocycles. The molecule has 0 aliphatic carbocycles. The van der Waals surface area contributed by atoms with Crippen molar-refractivity contribution in [2.24, 2.45) is 5.73 Å². The third kappa shape index (κ3) is 4.06. The van der Waals surface area contributed by atoms with Crippen LogP contribution in [0.4, 0.5) is 0 Å². The lowest BCUT2D eigenvalue weighted by atomic mass is 9.92. The molecule has 0 saturated carbocycles. The standard InChI is InChI=1S/C16H26N2O/c1-5-16(6-2,11-17)18-15(19)10-14-9-12(3)7-8-13(14)4/h7-9H,5-6,10-11,17H2,1-4H3,(H,18,19). The number of hydrogen-bond donors (Lipinski definition) is 2. The van der Waals surface area contributed by atoms with Crippen molar-refractivity contribution in [2.45, 2.75) is 52.5 Å². The second-order valence-corrected chi connectivity index (χ2v) is 5.35. The molecule has 0 saturated heterocycles. The SMILES string of the molecule is CCC(CC)(CN)NC(=O)Cc1cc(C)ccc1C. The second kappa shape index (κ2) is 6.71. The highest BCUT2D eigenvalue weighted by atomic mass is 16.1. The van der Waals surface area contributed by atoms with Gasteiger partial charge in [-0.1, -0.05) is 37.6 Å². The molecule has 3 N–H and O–H groups in total. The normalized spacial score (nSPS) is 11.4. The van der Waals surface area contributed by atoms with E-state index in [1.807, 2.05) is 13.8 Å². The number of rotatable bonds is 6. The number of hydrogen-bond acceptors (Lipinski definition) is 2. The van der Waals surface area contributed by atoms with E-state index < -0.39 is 0 Å². The van der Waals surface area contributed by atoms with Gasteiger partial charge in [0.2, 0.25) is 5.91 Å². The molecule has 3 heteroatoms. The van der Waals surface area contributed by atoms with Gasteiger partial charge in [-0.2, -0.15) is 0 Å². The number of nitrogens with one attached hydrogen (secondary N) is 1. The molecule has 0 aliphatic heterocycles. The van der Waals surface area contributed by atoms with Crippen molar-refractivity contribution in [3.8, 4) is 0 Å². The van der Waals surface area contributed by atoms with Crippen LogP contribution >= 0.6 is 0 Å². The lowest BCUT2D eigenvalue weighted by molar-refractivity contribution is -0.122. The highest BCUT2D eigenvalue weighted by Crippen LogP contribution is 2.15. The van der Waals surface area contributed by atoms with Gasteiger partial charge in [0, 0.05) is 6.54 Å². The summed E-state index contributed by atoms with van der Waals surface area (Å²) in [5.74, 6) is 0.0582. The smallest absolute Gasteiger partial charge is 0.224 e. The Morgan fingerprint density at radius 3 is 2.42 bits per heavy atom. The van der Waals surface area contributed by atoms with Gasteiger partial charge in [0.1, 0.15) is 0 Å². The van der Waals surface area contributed by atoms with E-state index in [0.717, 1.165) is 24.0 Å². The van der Waals surface area contributed by atoms with Crippen molar-refractivity contribution in [1.29, 1.82) is 0 Å². The summed E-state index contributed by atoms with van der Waals surface area (Å²) in [7, 11) is 0. The van der Waals surface area contributed by atoms with Crippen LogP contribution < -0.4 is 11.1 Å². The molecule has 1 amide bonds. The predicted molar refractivity (Wildman–Crippen MR) is 80.1 cm³/mol. The lowest BCUT2D eigenvalue weighted by Crippen LogP contribution is -2.53.